The maximum Gasteiger partial charge on any atom is 0.233 e. The molecular formula is C27H28N6O2S. The van der Waals surface area contributed by atoms with Crippen LogP contribution < -0.4 is 4.90 Å². The lowest BCUT2D eigenvalue weighted by atomic mass is 9.97. The maximum absolute atomic E-state index is 12.9. The van der Waals surface area contributed by atoms with Gasteiger partial charge in [0.2, 0.25) is 5.91 Å². The average Bonchev–Trinajstić information content (AvgIpc) is 3.42. The van der Waals surface area contributed by atoms with Crippen LogP contribution in [-0.2, 0) is 33.0 Å². The van der Waals surface area contributed by atoms with Crippen molar-refractivity contribution in [3.8, 4) is 17.1 Å². The van der Waals surface area contributed by atoms with Crippen LogP contribution in [0.1, 0.15) is 42.1 Å². The summed E-state index contributed by atoms with van der Waals surface area (Å²) in [5.41, 5.74) is 5.44. The van der Waals surface area contributed by atoms with Crippen molar-refractivity contribution < 1.29 is 9.00 Å². The zero-order valence-corrected chi connectivity index (χ0v) is 21.4. The van der Waals surface area contributed by atoms with Gasteiger partial charge in [0.15, 0.2) is 5.82 Å². The molecule has 8 nitrogen and oxygen atoms in total. The third kappa shape index (κ3) is 4.92. The van der Waals surface area contributed by atoms with Gasteiger partial charge in [-0.2, -0.15) is 0 Å². The Labute approximate surface area is 211 Å². The molecule has 0 bridgehead atoms. The molecule has 2 aromatic carbocycles. The standard InChI is InChI=1S/C27H28N6O2S/c1-18(2)23-7-5-6-8-24(23)26-28-14-20-13-25(34)32(27(20)29-26)15-19-9-11-22(12-10-19)33-16-21(30-31-33)17-36(3,4)35/h5-12,14,16,18H,3,13,15,17H2,1-2,4H3. The van der Waals surface area contributed by atoms with Crippen LogP contribution in [0.2, 0.25) is 0 Å². The van der Waals surface area contributed by atoms with Crippen LogP contribution in [0.25, 0.3) is 17.1 Å². The van der Waals surface area contributed by atoms with Crippen molar-refractivity contribution in [1.82, 2.24) is 25.0 Å². The summed E-state index contributed by atoms with van der Waals surface area (Å²) >= 11 is 0. The van der Waals surface area contributed by atoms with Gasteiger partial charge < -0.3 is 0 Å². The average molecular weight is 501 g/mol. The Balaban J connectivity index is 1.38. The molecule has 0 aliphatic carbocycles. The molecular weight excluding hydrogens is 472 g/mol. The molecule has 0 spiro atoms. The molecule has 184 valence electrons. The molecule has 0 radical (unpaired) electrons. The van der Waals surface area contributed by atoms with E-state index in [1.54, 1.807) is 28.2 Å². The van der Waals surface area contributed by atoms with Crippen LogP contribution in [0.15, 0.2) is 60.9 Å². The van der Waals surface area contributed by atoms with Crippen molar-refractivity contribution in [3.63, 3.8) is 0 Å². The monoisotopic (exact) mass is 500 g/mol. The Morgan fingerprint density at radius 3 is 2.58 bits per heavy atom. The van der Waals surface area contributed by atoms with Crippen LogP contribution in [0.3, 0.4) is 0 Å². The van der Waals surface area contributed by atoms with Crippen molar-refractivity contribution >= 4 is 27.1 Å². The van der Waals surface area contributed by atoms with E-state index in [9.17, 15) is 9.00 Å². The number of rotatable bonds is 7. The predicted molar refractivity (Wildman–Crippen MR) is 143 cm³/mol. The van der Waals surface area contributed by atoms with Crippen LogP contribution in [0.4, 0.5) is 5.82 Å². The van der Waals surface area contributed by atoms with Crippen LogP contribution in [0.5, 0.6) is 0 Å². The van der Waals surface area contributed by atoms with Crippen LogP contribution in [0, 0.1) is 0 Å². The minimum Gasteiger partial charge on any atom is -0.292 e. The summed E-state index contributed by atoms with van der Waals surface area (Å²) < 4.78 is 13.6. The Morgan fingerprint density at radius 1 is 1.11 bits per heavy atom. The van der Waals surface area contributed by atoms with Crippen molar-refractivity contribution in [2.45, 2.75) is 38.5 Å². The molecule has 0 saturated carbocycles. The van der Waals surface area contributed by atoms with Gasteiger partial charge in [-0.15, -0.1) is 5.10 Å². The van der Waals surface area contributed by atoms with E-state index < -0.39 is 9.52 Å². The molecule has 36 heavy (non-hydrogen) atoms. The van der Waals surface area contributed by atoms with E-state index >= 15 is 0 Å². The van der Waals surface area contributed by atoms with Crippen LogP contribution in [-0.4, -0.2) is 47.2 Å². The first-order chi connectivity index (χ1) is 17.2. The maximum atomic E-state index is 12.9. The molecule has 0 N–H and O–H groups in total. The third-order valence-corrected chi connectivity index (χ3v) is 7.01. The van der Waals surface area contributed by atoms with E-state index in [-0.39, 0.29) is 11.7 Å². The topological polar surface area (TPSA) is 93.9 Å². The lowest BCUT2D eigenvalue weighted by molar-refractivity contribution is -0.117. The molecule has 2 aromatic heterocycles. The fourth-order valence-electron chi connectivity index (χ4n) is 4.37. The van der Waals surface area contributed by atoms with Crippen molar-refractivity contribution in [2.75, 3.05) is 11.2 Å². The van der Waals surface area contributed by atoms with Gasteiger partial charge in [0, 0.05) is 23.6 Å². The number of benzene rings is 2. The zero-order chi connectivity index (χ0) is 25.4. The summed E-state index contributed by atoms with van der Waals surface area (Å²) in [6, 6.07) is 15.9. The van der Waals surface area contributed by atoms with Crippen molar-refractivity contribution in [2.24, 2.45) is 0 Å². The molecule has 5 rings (SSSR count). The summed E-state index contributed by atoms with van der Waals surface area (Å²) in [5, 5.41) is 8.23. The number of fused-ring (bicyclic) bond motifs is 1. The molecule has 4 aromatic rings. The second kappa shape index (κ2) is 9.31. The zero-order valence-electron chi connectivity index (χ0n) is 20.6. The minimum absolute atomic E-state index is 0.00919. The quantitative estimate of drug-likeness (QED) is 0.359. The molecule has 1 atom stereocenters. The summed E-state index contributed by atoms with van der Waals surface area (Å²) in [6.07, 6.45) is 5.44. The first-order valence-corrected chi connectivity index (χ1v) is 14.0. The molecule has 3 heterocycles. The first-order valence-electron chi connectivity index (χ1n) is 11.7. The molecule has 1 aliphatic heterocycles. The van der Waals surface area contributed by atoms with E-state index in [2.05, 4.69) is 41.1 Å². The molecule has 0 fully saturated rings. The van der Waals surface area contributed by atoms with Gasteiger partial charge in [-0.1, -0.05) is 55.5 Å². The number of hydrogen-bond donors (Lipinski definition) is 0. The van der Waals surface area contributed by atoms with E-state index in [1.807, 2.05) is 42.5 Å². The molecule has 1 unspecified atom stereocenters. The highest BCUT2D eigenvalue weighted by atomic mass is 32.2. The number of hydrogen-bond acceptors (Lipinski definition) is 6. The normalized spacial score (nSPS) is 14.8. The predicted octanol–water partition coefficient (Wildman–Crippen LogP) is 3.78. The van der Waals surface area contributed by atoms with Gasteiger partial charge in [-0.3, -0.25) is 13.9 Å². The number of amides is 1. The summed E-state index contributed by atoms with van der Waals surface area (Å²) in [7, 11) is -2.19. The van der Waals surface area contributed by atoms with Crippen molar-refractivity contribution in [1.29, 1.82) is 0 Å². The highest BCUT2D eigenvalue weighted by Gasteiger charge is 2.30. The number of carbonyl (C=O) groups is 1. The van der Waals surface area contributed by atoms with E-state index in [0.29, 0.717) is 36.2 Å². The lowest BCUT2D eigenvalue weighted by Crippen LogP contribution is -2.26. The van der Waals surface area contributed by atoms with Gasteiger partial charge in [0.05, 0.1) is 36.3 Å². The fraction of sp³-hybridized carbons (Fsp3) is 0.259. The Hall–Kier alpha value is -3.85. The number of nitrogens with zero attached hydrogens (tertiary/aromatic N) is 6. The van der Waals surface area contributed by atoms with Gasteiger partial charge in [0.1, 0.15) is 5.82 Å². The largest absolute Gasteiger partial charge is 0.292 e. The second-order valence-corrected chi connectivity index (χ2v) is 12.2. The third-order valence-electron chi connectivity index (χ3n) is 6.10. The number of aromatic nitrogens is 5. The molecule has 1 aliphatic rings. The highest BCUT2D eigenvalue weighted by Crippen LogP contribution is 2.32. The van der Waals surface area contributed by atoms with Crippen molar-refractivity contribution in [3.05, 3.63) is 83.3 Å². The molecule has 1 amide bonds. The number of anilines is 1. The lowest BCUT2D eigenvalue weighted by Gasteiger charge is -2.18. The Bertz CT molecular complexity index is 1540. The van der Waals surface area contributed by atoms with Gasteiger partial charge >= 0.3 is 0 Å². The van der Waals surface area contributed by atoms with E-state index in [4.69, 9.17) is 4.98 Å². The highest BCUT2D eigenvalue weighted by molar-refractivity contribution is 7.98. The molecule has 9 heteroatoms. The summed E-state index contributed by atoms with van der Waals surface area (Å²) in [4.78, 5) is 24.0. The van der Waals surface area contributed by atoms with Gasteiger partial charge in [0.25, 0.3) is 0 Å². The second-order valence-electron chi connectivity index (χ2n) is 9.59. The number of carbonyl (C=O) groups excluding carboxylic acids is 1. The smallest absolute Gasteiger partial charge is 0.233 e. The SMILES string of the molecule is C=S(C)(=O)Cc1cn(-c2ccc(CN3C(=O)Cc4cnc(-c5ccccc5C(C)C)nc43)cc2)nn1. The van der Waals surface area contributed by atoms with E-state index in [0.717, 1.165) is 22.4 Å². The van der Waals surface area contributed by atoms with E-state index in [1.165, 1.54) is 5.56 Å². The first kappa shape index (κ1) is 23.9. The summed E-state index contributed by atoms with van der Waals surface area (Å²) in [5.74, 6) is 5.61. The Kier molecular flexibility index (Phi) is 6.17. The van der Waals surface area contributed by atoms with Gasteiger partial charge in [-0.05, 0) is 44.6 Å². The molecule has 0 saturated heterocycles. The van der Waals surface area contributed by atoms with Crippen LogP contribution >= 0.6 is 0 Å². The Morgan fingerprint density at radius 2 is 1.86 bits per heavy atom. The minimum atomic E-state index is -2.19. The summed E-state index contributed by atoms with van der Waals surface area (Å²) in [6.45, 7) is 4.71. The fourth-order valence-corrected chi connectivity index (χ4v) is 5.13. The van der Waals surface area contributed by atoms with Gasteiger partial charge in [-0.25, -0.2) is 14.6 Å².